The molecule has 0 aliphatic carbocycles. The van der Waals surface area contributed by atoms with Gasteiger partial charge in [-0.2, -0.15) is 0 Å². The number of hydrogen-bond acceptors (Lipinski definition) is 1. The molecular weight excluding hydrogens is 156 g/mol. The Kier molecular flexibility index (Phi) is 2.59. The van der Waals surface area contributed by atoms with Crippen LogP contribution in [0.5, 0.6) is 0 Å². The lowest BCUT2D eigenvalue weighted by Gasteiger charge is -1.98. The maximum atomic E-state index is 10.2. The van der Waals surface area contributed by atoms with Crippen LogP contribution in [0.1, 0.15) is 0 Å². The second-order valence-electron chi connectivity index (χ2n) is 2.48. The van der Waals surface area contributed by atoms with Crippen LogP contribution in [0.2, 0.25) is 0 Å². The van der Waals surface area contributed by atoms with Crippen molar-refractivity contribution < 1.29 is 4.46 Å². The van der Waals surface area contributed by atoms with E-state index in [1.54, 1.807) is 0 Å². The van der Waals surface area contributed by atoms with Gasteiger partial charge in [0.15, 0.2) is 0 Å². The topological polar surface area (TPSA) is 17.1 Å². The summed E-state index contributed by atoms with van der Waals surface area (Å²) in [5, 5.41) is 0. The van der Waals surface area contributed by atoms with Crippen molar-refractivity contribution in [2.75, 3.05) is 0 Å². The van der Waals surface area contributed by atoms with Crippen molar-refractivity contribution in [1.29, 1.82) is 0 Å². The van der Waals surface area contributed by atoms with Crippen LogP contribution in [0.25, 0.3) is 0 Å². The molecule has 0 atom stereocenters. The molecule has 0 aromatic rings. The first-order valence-electron chi connectivity index (χ1n) is 2.02. The average Bonchev–Trinajstić information content (AvgIpc) is 1.35. The number of hydrogen-bond donors (Lipinski definition) is 0. The molecule has 0 N–H and O–H groups in total. The first-order valence-corrected chi connectivity index (χ1v) is 16.8. The molecule has 0 fully saturated rings. The molecule has 36 valence electrons. The summed E-state index contributed by atoms with van der Waals surface area (Å²) in [4.78, 5) is 0. The van der Waals surface area contributed by atoms with Crippen molar-refractivity contribution in [1.82, 2.24) is 0 Å². The van der Waals surface area contributed by atoms with Crippen LogP contribution in [-0.2, 0) is 4.46 Å². The normalized spacial score (nSPS) is 20.7. The van der Waals surface area contributed by atoms with E-state index in [4.69, 9.17) is 0 Å². The molecule has 0 radical (unpaired) electrons. The van der Waals surface area contributed by atoms with Crippen molar-refractivity contribution >= 4 is 44.3 Å². The van der Waals surface area contributed by atoms with Gasteiger partial charge in [0, 0.05) is 0 Å². The molecule has 0 saturated carbocycles. The third kappa shape index (κ3) is 4.88. The van der Waals surface area contributed by atoms with Gasteiger partial charge in [0.2, 0.25) is 8.92 Å². The molecule has 6 heteroatoms. The van der Waals surface area contributed by atoms with Crippen molar-refractivity contribution in [2.24, 2.45) is 0 Å². The lowest BCUT2D eigenvalue weighted by atomic mass is 16.0. The standard InChI is InChI=1S/H10OSi5/c1-5-6(2,3)4/h5H,2-4H3. The van der Waals surface area contributed by atoms with E-state index < -0.39 is 6.14 Å². The Morgan fingerprint density at radius 2 is 1.50 bits per heavy atom. The Balaban J connectivity index is 3.45. The van der Waals surface area contributed by atoms with Gasteiger partial charge in [0.1, 0.15) is 0 Å². The van der Waals surface area contributed by atoms with Crippen LogP contribution in [0.4, 0.5) is 0 Å². The molecule has 0 heterocycles. The molecule has 0 aliphatic rings. The molecule has 0 aromatic heterocycles. The van der Waals surface area contributed by atoms with Crippen LogP contribution in [0.15, 0.2) is 0 Å². The Labute approximate surface area is 49.2 Å². The summed E-state index contributed by atoms with van der Waals surface area (Å²) in [5.74, 6) is 0. The van der Waals surface area contributed by atoms with Crippen molar-refractivity contribution in [3.8, 4) is 0 Å². The van der Waals surface area contributed by atoms with E-state index in [0.717, 1.165) is 0 Å². The summed E-state index contributed by atoms with van der Waals surface area (Å²) < 4.78 is 10.2. The Hall–Kier alpha value is 0.884. The van der Waals surface area contributed by atoms with E-state index in [0.29, 0.717) is 0 Å². The summed E-state index contributed by atoms with van der Waals surface area (Å²) in [6, 6.07) is 0. The molecule has 0 aromatic carbocycles. The summed E-state index contributed by atoms with van der Waals surface area (Å²) in [7, 11) is 3.68. The Morgan fingerprint density at radius 3 is 1.50 bits per heavy atom. The minimum Gasteiger partial charge on any atom is -0.397 e. The zero-order chi connectivity index (χ0) is 5.21. The Morgan fingerprint density at radius 1 is 1.33 bits per heavy atom. The minimum atomic E-state index is -0.687. The zero-order valence-corrected chi connectivity index (χ0v) is 12.6. The highest BCUT2D eigenvalue weighted by molar-refractivity contribution is 7.76. The molecule has 0 unspecified atom stereocenters. The third-order valence-electron chi connectivity index (χ3n) is 0.354. The second kappa shape index (κ2) is 2.26. The van der Waals surface area contributed by atoms with Gasteiger partial charge in [-0.15, -0.1) is 0 Å². The highest BCUT2D eigenvalue weighted by atomic mass is 30.1. The smallest absolute Gasteiger partial charge is 0.230 e. The van der Waals surface area contributed by atoms with E-state index in [-0.39, 0.29) is 8.92 Å². The van der Waals surface area contributed by atoms with Gasteiger partial charge < -0.3 is 4.46 Å². The first kappa shape index (κ1) is 6.88. The quantitative estimate of drug-likeness (QED) is 0.358. The average molecular weight is 167 g/mol. The largest absolute Gasteiger partial charge is 0.397 e. The summed E-state index contributed by atoms with van der Waals surface area (Å²) >= 11 is 0. The molecule has 6 heavy (non-hydrogen) atoms. The summed E-state index contributed by atoms with van der Waals surface area (Å²) in [6.07, 6.45) is -0.687. The van der Waals surface area contributed by atoms with Crippen LogP contribution in [0, 0.1) is 0 Å². The summed E-state index contributed by atoms with van der Waals surface area (Å²) in [5.41, 5.74) is 0. The molecule has 0 rings (SSSR count). The van der Waals surface area contributed by atoms with Crippen LogP contribution >= 0.6 is 0 Å². The van der Waals surface area contributed by atoms with Gasteiger partial charge in [-0.25, -0.2) is 0 Å². The highest BCUT2D eigenvalue weighted by Gasteiger charge is 2.10. The SMILES string of the molecule is O=[SiH][Si]([SiH3])([SiH3])[SiH3]. The van der Waals surface area contributed by atoms with Gasteiger partial charge in [-0.05, 0) is 29.3 Å². The van der Waals surface area contributed by atoms with Crippen molar-refractivity contribution in [3.05, 3.63) is 0 Å². The molecule has 0 aliphatic heterocycles. The fraction of sp³-hybridized carbons (Fsp3) is 0. The molecule has 0 amide bonds. The van der Waals surface area contributed by atoms with E-state index in [1.807, 2.05) is 0 Å². The second-order valence-corrected chi connectivity index (χ2v) is 64.9. The third-order valence-corrected chi connectivity index (χ3v) is 9.55. The lowest BCUT2D eigenvalue weighted by Crippen LogP contribution is -2.41. The summed E-state index contributed by atoms with van der Waals surface area (Å²) in [6.45, 7) is 0. The predicted octanol–water partition coefficient (Wildman–Crippen LogP) is -4.70. The highest BCUT2D eigenvalue weighted by Crippen LogP contribution is 1.66. The van der Waals surface area contributed by atoms with Gasteiger partial charge in [0.05, 0.1) is 6.14 Å². The maximum absolute atomic E-state index is 10.2. The van der Waals surface area contributed by atoms with E-state index in [1.165, 1.54) is 29.3 Å². The first-order chi connectivity index (χ1) is 2.56. The van der Waals surface area contributed by atoms with Crippen LogP contribution in [-0.4, -0.2) is 44.3 Å². The molecule has 0 spiro atoms. The van der Waals surface area contributed by atoms with Crippen molar-refractivity contribution in [2.45, 2.75) is 0 Å². The van der Waals surface area contributed by atoms with E-state index in [2.05, 4.69) is 0 Å². The van der Waals surface area contributed by atoms with Gasteiger partial charge in [-0.1, -0.05) is 0 Å². The van der Waals surface area contributed by atoms with E-state index in [9.17, 15) is 4.46 Å². The fourth-order valence-corrected chi connectivity index (χ4v) is 0. The fourth-order valence-electron chi connectivity index (χ4n) is 0. The Bertz CT molecular complexity index is 49.4. The van der Waals surface area contributed by atoms with Crippen LogP contribution < -0.4 is 0 Å². The molecular formula is H10OSi5. The van der Waals surface area contributed by atoms with Gasteiger partial charge in [0.25, 0.3) is 0 Å². The maximum Gasteiger partial charge on any atom is 0.230 e. The van der Waals surface area contributed by atoms with Crippen LogP contribution in [0.3, 0.4) is 0 Å². The van der Waals surface area contributed by atoms with E-state index >= 15 is 0 Å². The minimum absolute atomic E-state index is 0.266. The monoisotopic (exact) mass is 166 g/mol. The van der Waals surface area contributed by atoms with Gasteiger partial charge >= 0.3 is 0 Å². The number of rotatable bonds is 1. The zero-order valence-electron chi connectivity index (χ0n) is 4.49. The van der Waals surface area contributed by atoms with Gasteiger partial charge in [-0.3, -0.25) is 0 Å². The molecule has 0 bridgehead atoms. The predicted molar refractivity (Wildman–Crippen MR) is 43.4 cm³/mol. The lowest BCUT2D eigenvalue weighted by molar-refractivity contribution is 0.586. The molecule has 0 saturated heterocycles. The molecule has 1 nitrogen and oxygen atoms in total. The van der Waals surface area contributed by atoms with Crippen molar-refractivity contribution in [3.63, 3.8) is 0 Å².